The van der Waals surface area contributed by atoms with Gasteiger partial charge in [-0.05, 0) is 18.2 Å². The van der Waals surface area contributed by atoms with Crippen molar-refractivity contribution < 1.29 is 14.4 Å². The summed E-state index contributed by atoms with van der Waals surface area (Å²) in [6, 6.07) is 4.14. The van der Waals surface area contributed by atoms with E-state index in [4.69, 9.17) is 21.6 Å². The fourth-order valence-corrected chi connectivity index (χ4v) is 1.43. The fraction of sp³-hybridized carbons (Fsp3) is 0. The van der Waals surface area contributed by atoms with Crippen molar-refractivity contribution in [3.8, 4) is 5.69 Å². The molecular weight excluding hydrogens is 233 g/mol. The highest BCUT2D eigenvalue weighted by molar-refractivity contribution is 6.58. The summed E-state index contributed by atoms with van der Waals surface area (Å²) in [6.45, 7) is 0. The van der Waals surface area contributed by atoms with Crippen LogP contribution >= 0.6 is 11.6 Å². The van der Waals surface area contributed by atoms with Crippen molar-refractivity contribution in [2.75, 3.05) is 0 Å². The molecule has 2 aromatic rings. The normalized spacial score (nSPS) is 10.5. The van der Waals surface area contributed by atoms with E-state index in [1.165, 1.54) is 29.2 Å². The zero-order chi connectivity index (χ0) is 11.7. The van der Waals surface area contributed by atoms with E-state index in [0.717, 1.165) is 6.07 Å². The second kappa shape index (κ2) is 4.25. The lowest BCUT2D eigenvalue weighted by Crippen LogP contribution is -2.28. The Morgan fingerprint density at radius 3 is 2.69 bits per heavy atom. The van der Waals surface area contributed by atoms with Crippen LogP contribution in [-0.4, -0.2) is 26.9 Å². The predicted molar refractivity (Wildman–Crippen MR) is 58.4 cm³/mol. The van der Waals surface area contributed by atoms with Gasteiger partial charge in [-0.25, -0.2) is 9.07 Å². The van der Waals surface area contributed by atoms with E-state index < -0.39 is 12.9 Å². The lowest BCUT2D eigenvalue weighted by molar-refractivity contribution is 0.426. The van der Waals surface area contributed by atoms with Crippen molar-refractivity contribution >= 4 is 24.2 Å². The molecule has 0 aliphatic carbocycles. The minimum absolute atomic E-state index is 0.189. The van der Waals surface area contributed by atoms with Gasteiger partial charge in [0.05, 0.1) is 0 Å². The van der Waals surface area contributed by atoms with Crippen LogP contribution in [0.3, 0.4) is 0 Å². The van der Waals surface area contributed by atoms with Crippen LogP contribution in [0.25, 0.3) is 5.69 Å². The first-order valence-electron chi connectivity index (χ1n) is 4.44. The maximum atomic E-state index is 13.5. The molecule has 0 aliphatic rings. The van der Waals surface area contributed by atoms with E-state index in [1.54, 1.807) is 0 Å². The molecule has 0 radical (unpaired) electrons. The van der Waals surface area contributed by atoms with Gasteiger partial charge in [0, 0.05) is 22.9 Å². The van der Waals surface area contributed by atoms with Crippen molar-refractivity contribution in [3.63, 3.8) is 0 Å². The summed E-state index contributed by atoms with van der Waals surface area (Å²) in [4.78, 5) is 0. The molecule has 0 unspecified atom stereocenters. The van der Waals surface area contributed by atoms with Crippen molar-refractivity contribution in [2.45, 2.75) is 0 Å². The van der Waals surface area contributed by atoms with Gasteiger partial charge >= 0.3 is 7.12 Å². The Balaban J connectivity index is 2.42. The van der Waals surface area contributed by atoms with Crippen LogP contribution in [0.4, 0.5) is 4.39 Å². The Morgan fingerprint density at radius 1 is 1.38 bits per heavy atom. The molecule has 1 aromatic carbocycles. The van der Waals surface area contributed by atoms with Gasteiger partial charge in [0.25, 0.3) is 0 Å². The van der Waals surface area contributed by atoms with Crippen LogP contribution in [0.5, 0.6) is 0 Å². The monoisotopic (exact) mass is 240 g/mol. The molecule has 2 N–H and O–H groups in total. The Labute approximate surface area is 96.0 Å². The molecule has 0 bridgehead atoms. The molecule has 0 atom stereocenters. The van der Waals surface area contributed by atoms with Crippen LogP contribution in [0.1, 0.15) is 0 Å². The molecule has 16 heavy (non-hydrogen) atoms. The SMILES string of the molecule is OB(O)c1cnn(-c2ccc(Cl)cc2F)c1. The van der Waals surface area contributed by atoms with Gasteiger partial charge in [-0.15, -0.1) is 0 Å². The van der Waals surface area contributed by atoms with Crippen LogP contribution in [0, 0.1) is 5.82 Å². The maximum Gasteiger partial charge on any atom is 0.491 e. The second-order valence-electron chi connectivity index (χ2n) is 3.19. The number of benzene rings is 1. The fourth-order valence-electron chi connectivity index (χ4n) is 1.27. The van der Waals surface area contributed by atoms with E-state index in [1.807, 2.05) is 0 Å². The van der Waals surface area contributed by atoms with E-state index in [-0.39, 0.29) is 16.2 Å². The lowest BCUT2D eigenvalue weighted by atomic mass is 9.83. The number of halogens is 2. The maximum absolute atomic E-state index is 13.5. The third kappa shape index (κ3) is 2.09. The second-order valence-corrected chi connectivity index (χ2v) is 3.62. The molecular formula is C9H7BClFN2O2. The molecule has 7 heteroatoms. The van der Waals surface area contributed by atoms with Crippen LogP contribution in [0.2, 0.25) is 5.02 Å². The molecule has 0 saturated heterocycles. The number of rotatable bonds is 2. The Hall–Kier alpha value is -1.37. The van der Waals surface area contributed by atoms with Crippen LogP contribution in [-0.2, 0) is 0 Å². The standard InChI is InChI=1S/C9H7BClFN2O2/c11-7-1-2-9(8(12)3-7)14-5-6(4-13-14)10(15)16/h1-5,15-16H. The summed E-state index contributed by atoms with van der Waals surface area (Å²) < 4.78 is 14.7. The topological polar surface area (TPSA) is 58.3 Å². The van der Waals surface area contributed by atoms with Crippen LogP contribution < -0.4 is 5.46 Å². The first-order chi connectivity index (χ1) is 7.58. The van der Waals surface area contributed by atoms with Gasteiger partial charge in [0.15, 0.2) is 0 Å². The molecule has 4 nitrogen and oxygen atoms in total. The van der Waals surface area contributed by atoms with Crippen molar-refractivity contribution in [1.82, 2.24) is 9.78 Å². The summed E-state index contributed by atoms with van der Waals surface area (Å²) in [5, 5.41) is 21.9. The van der Waals surface area contributed by atoms with E-state index >= 15 is 0 Å². The molecule has 0 spiro atoms. The molecule has 82 valence electrons. The summed E-state index contributed by atoms with van der Waals surface area (Å²) in [6.07, 6.45) is 2.58. The van der Waals surface area contributed by atoms with Gasteiger partial charge in [-0.3, -0.25) is 0 Å². The summed E-state index contributed by atoms with van der Waals surface area (Å²) >= 11 is 5.61. The van der Waals surface area contributed by atoms with E-state index in [0.29, 0.717) is 0 Å². The lowest BCUT2D eigenvalue weighted by Gasteiger charge is -2.02. The number of nitrogens with zero attached hydrogens (tertiary/aromatic N) is 2. The number of hydrogen-bond acceptors (Lipinski definition) is 3. The predicted octanol–water partition coefficient (Wildman–Crippen LogP) is 0.345. The largest absolute Gasteiger partial charge is 0.491 e. The molecule has 1 aromatic heterocycles. The van der Waals surface area contributed by atoms with E-state index in [2.05, 4.69) is 5.10 Å². The highest BCUT2D eigenvalue weighted by atomic mass is 35.5. The average Bonchev–Trinajstić information content (AvgIpc) is 2.66. The number of hydrogen-bond donors (Lipinski definition) is 2. The van der Waals surface area contributed by atoms with Crippen molar-refractivity contribution in [1.29, 1.82) is 0 Å². The van der Waals surface area contributed by atoms with Gasteiger partial charge in [-0.2, -0.15) is 5.10 Å². The van der Waals surface area contributed by atoms with E-state index in [9.17, 15) is 4.39 Å². The number of aromatic nitrogens is 2. The zero-order valence-corrected chi connectivity index (χ0v) is 8.76. The summed E-state index contributed by atoms with van der Waals surface area (Å²) in [5.74, 6) is -0.533. The van der Waals surface area contributed by atoms with Gasteiger partial charge < -0.3 is 10.0 Å². The highest BCUT2D eigenvalue weighted by Crippen LogP contribution is 2.17. The quantitative estimate of drug-likeness (QED) is 0.745. The average molecular weight is 240 g/mol. The van der Waals surface area contributed by atoms with Gasteiger partial charge in [0.1, 0.15) is 11.5 Å². The molecule has 0 aliphatic heterocycles. The third-order valence-electron chi connectivity index (χ3n) is 2.06. The van der Waals surface area contributed by atoms with Gasteiger partial charge in [0.2, 0.25) is 0 Å². The minimum Gasteiger partial charge on any atom is -0.423 e. The Kier molecular flexibility index (Phi) is 2.96. The van der Waals surface area contributed by atoms with Crippen LogP contribution in [0.15, 0.2) is 30.6 Å². The van der Waals surface area contributed by atoms with Crippen molar-refractivity contribution in [3.05, 3.63) is 41.4 Å². The third-order valence-corrected chi connectivity index (χ3v) is 2.29. The first-order valence-corrected chi connectivity index (χ1v) is 4.82. The Bertz CT molecular complexity index is 518. The van der Waals surface area contributed by atoms with Gasteiger partial charge in [-0.1, -0.05) is 11.6 Å². The molecule has 0 saturated carbocycles. The zero-order valence-electron chi connectivity index (χ0n) is 8.01. The summed E-state index contributed by atoms with van der Waals surface area (Å²) in [7, 11) is -1.62. The smallest absolute Gasteiger partial charge is 0.423 e. The molecule has 1 heterocycles. The molecule has 2 rings (SSSR count). The first kappa shape index (κ1) is 11.1. The molecule has 0 fully saturated rings. The Morgan fingerprint density at radius 2 is 2.12 bits per heavy atom. The highest BCUT2D eigenvalue weighted by Gasteiger charge is 2.15. The minimum atomic E-state index is -1.62. The van der Waals surface area contributed by atoms with Crippen molar-refractivity contribution in [2.24, 2.45) is 0 Å². The molecule has 0 amide bonds. The summed E-state index contributed by atoms with van der Waals surface area (Å²) in [5.41, 5.74) is 0.380.